The summed E-state index contributed by atoms with van der Waals surface area (Å²) < 4.78 is 10.7. The van der Waals surface area contributed by atoms with Crippen LogP contribution in [0.3, 0.4) is 0 Å². The molecule has 34 heavy (non-hydrogen) atoms. The molecule has 2 amide bonds. The SMILES string of the molecule is COc1ccc(CN2C(=O)C(Nc3cc(C)ccc3OC)=C(c3ccc(C)c(C)c3)C2=O)cc1. The van der Waals surface area contributed by atoms with E-state index in [2.05, 4.69) is 5.32 Å². The van der Waals surface area contributed by atoms with E-state index in [-0.39, 0.29) is 24.1 Å². The maximum absolute atomic E-state index is 13.6. The van der Waals surface area contributed by atoms with Gasteiger partial charge in [-0.3, -0.25) is 14.5 Å². The Morgan fingerprint density at radius 1 is 0.794 bits per heavy atom. The predicted octanol–water partition coefficient (Wildman–Crippen LogP) is 5.02. The number of benzene rings is 3. The normalized spacial score (nSPS) is 13.5. The van der Waals surface area contributed by atoms with Gasteiger partial charge in [0.25, 0.3) is 11.8 Å². The van der Waals surface area contributed by atoms with Crippen molar-refractivity contribution in [2.24, 2.45) is 0 Å². The number of amides is 2. The van der Waals surface area contributed by atoms with Gasteiger partial charge < -0.3 is 14.8 Å². The zero-order valence-electron chi connectivity index (χ0n) is 20.1. The maximum atomic E-state index is 13.6. The summed E-state index contributed by atoms with van der Waals surface area (Å²) in [6.07, 6.45) is 0. The Labute approximate surface area is 199 Å². The summed E-state index contributed by atoms with van der Waals surface area (Å²) in [6, 6.07) is 18.8. The first-order chi connectivity index (χ1) is 16.3. The van der Waals surface area contributed by atoms with Crippen LogP contribution in [0.4, 0.5) is 5.69 Å². The third-order valence-corrected chi connectivity index (χ3v) is 6.08. The Morgan fingerprint density at radius 3 is 2.18 bits per heavy atom. The number of carbonyl (C=O) groups excluding carboxylic acids is 2. The highest BCUT2D eigenvalue weighted by molar-refractivity contribution is 6.36. The summed E-state index contributed by atoms with van der Waals surface area (Å²) in [4.78, 5) is 28.5. The van der Waals surface area contributed by atoms with Crippen LogP contribution in [0.2, 0.25) is 0 Å². The number of methoxy groups -OCH3 is 2. The quantitative estimate of drug-likeness (QED) is 0.506. The Morgan fingerprint density at radius 2 is 1.53 bits per heavy atom. The zero-order chi connectivity index (χ0) is 24.4. The minimum absolute atomic E-state index is 0.159. The summed E-state index contributed by atoms with van der Waals surface area (Å²) in [5.74, 6) is 0.591. The molecule has 6 nitrogen and oxygen atoms in total. The van der Waals surface area contributed by atoms with Crippen molar-refractivity contribution in [3.8, 4) is 11.5 Å². The van der Waals surface area contributed by atoms with E-state index in [0.717, 1.165) is 22.3 Å². The summed E-state index contributed by atoms with van der Waals surface area (Å²) in [6.45, 7) is 6.13. The molecule has 0 unspecified atom stereocenters. The smallest absolute Gasteiger partial charge is 0.278 e. The number of rotatable bonds is 7. The molecule has 0 bridgehead atoms. The summed E-state index contributed by atoms with van der Waals surface area (Å²) in [7, 11) is 3.17. The van der Waals surface area contributed by atoms with E-state index in [0.29, 0.717) is 28.3 Å². The Balaban J connectivity index is 1.77. The van der Waals surface area contributed by atoms with Crippen LogP contribution in [0.1, 0.15) is 27.8 Å². The first-order valence-electron chi connectivity index (χ1n) is 11.0. The highest BCUT2D eigenvalue weighted by Crippen LogP contribution is 2.35. The van der Waals surface area contributed by atoms with E-state index in [9.17, 15) is 9.59 Å². The van der Waals surface area contributed by atoms with Crippen molar-refractivity contribution in [1.29, 1.82) is 0 Å². The van der Waals surface area contributed by atoms with Crippen LogP contribution in [0.5, 0.6) is 11.5 Å². The van der Waals surface area contributed by atoms with E-state index in [1.54, 1.807) is 14.2 Å². The van der Waals surface area contributed by atoms with Gasteiger partial charge >= 0.3 is 0 Å². The van der Waals surface area contributed by atoms with Crippen molar-refractivity contribution in [3.63, 3.8) is 0 Å². The van der Waals surface area contributed by atoms with Gasteiger partial charge in [0, 0.05) is 0 Å². The lowest BCUT2D eigenvalue weighted by atomic mass is 9.99. The molecule has 0 saturated heterocycles. The number of ether oxygens (including phenoxy) is 2. The molecule has 0 aliphatic carbocycles. The van der Waals surface area contributed by atoms with Gasteiger partial charge in [-0.05, 0) is 72.9 Å². The summed E-state index contributed by atoms with van der Waals surface area (Å²) >= 11 is 0. The number of nitrogens with one attached hydrogen (secondary N) is 1. The zero-order valence-corrected chi connectivity index (χ0v) is 20.1. The molecule has 0 aromatic heterocycles. The second-order valence-electron chi connectivity index (χ2n) is 8.42. The fourth-order valence-corrected chi connectivity index (χ4v) is 3.97. The van der Waals surface area contributed by atoms with Crippen LogP contribution >= 0.6 is 0 Å². The molecule has 0 radical (unpaired) electrons. The number of nitrogens with zero attached hydrogens (tertiary/aromatic N) is 1. The third-order valence-electron chi connectivity index (χ3n) is 6.08. The monoisotopic (exact) mass is 456 g/mol. The van der Waals surface area contributed by atoms with Crippen molar-refractivity contribution in [2.75, 3.05) is 19.5 Å². The largest absolute Gasteiger partial charge is 0.497 e. The fourth-order valence-electron chi connectivity index (χ4n) is 3.97. The lowest BCUT2D eigenvalue weighted by molar-refractivity contribution is -0.137. The molecule has 1 heterocycles. The third kappa shape index (κ3) is 4.39. The second kappa shape index (κ2) is 9.43. The molecule has 0 spiro atoms. The van der Waals surface area contributed by atoms with Crippen molar-refractivity contribution in [1.82, 2.24) is 4.90 Å². The molecule has 3 aromatic rings. The van der Waals surface area contributed by atoms with Gasteiger partial charge in [-0.25, -0.2) is 0 Å². The van der Waals surface area contributed by atoms with Gasteiger partial charge in [0.05, 0.1) is 32.0 Å². The van der Waals surface area contributed by atoms with Crippen LogP contribution in [-0.4, -0.2) is 30.9 Å². The number of aryl methyl sites for hydroxylation is 3. The topological polar surface area (TPSA) is 67.9 Å². The highest BCUT2D eigenvalue weighted by atomic mass is 16.5. The minimum Gasteiger partial charge on any atom is -0.497 e. The van der Waals surface area contributed by atoms with Gasteiger partial charge in [-0.1, -0.05) is 36.4 Å². The Bertz CT molecular complexity index is 1290. The Kier molecular flexibility index (Phi) is 6.41. The molecule has 1 aliphatic rings. The first kappa shape index (κ1) is 23.1. The van der Waals surface area contributed by atoms with Crippen molar-refractivity contribution in [2.45, 2.75) is 27.3 Å². The van der Waals surface area contributed by atoms with Crippen molar-refractivity contribution >= 4 is 23.1 Å². The number of carbonyl (C=O) groups is 2. The molecule has 0 atom stereocenters. The molecule has 3 aromatic carbocycles. The predicted molar refractivity (Wildman–Crippen MR) is 133 cm³/mol. The number of hydrogen-bond donors (Lipinski definition) is 1. The van der Waals surface area contributed by atoms with Crippen LogP contribution in [-0.2, 0) is 16.1 Å². The van der Waals surface area contributed by atoms with Gasteiger partial charge in [-0.2, -0.15) is 0 Å². The van der Waals surface area contributed by atoms with Crippen molar-refractivity contribution < 1.29 is 19.1 Å². The van der Waals surface area contributed by atoms with Crippen LogP contribution in [0, 0.1) is 20.8 Å². The highest BCUT2D eigenvalue weighted by Gasteiger charge is 2.39. The number of anilines is 1. The number of imide groups is 1. The van der Waals surface area contributed by atoms with Gasteiger partial charge in [-0.15, -0.1) is 0 Å². The van der Waals surface area contributed by atoms with Gasteiger partial charge in [0.2, 0.25) is 0 Å². The molecule has 0 fully saturated rings. The maximum Gasteiger partial charge on any atom is 0.278 e. The van der Waals surface area contributed by atoms with E-state index in [1.165, 1.54) is 4.90 Å². The van der Waals surface area contributed by atoms with Gasteiger partial charge in [0.15, 0.2) is 0 Å². The molecule has 6 heteroatoms. The van der Waals surface area contributed by atoms with E-state index in [4.69, 9.17) is 9.47 Å². The first-order valence-corrected chi connectivity index (χ1v) is 11.0. The minimum atomic E-state index is -0.377. The lowest BCUT2D eigenvalue weighted by Gasteiger charge is -2.16. The lowest BCUT2D eigenvalue weighted by Crippen LogP contribution is -2.32. The second-order valence-corrected chi connectivity index (χ2v) is 8.42. The van der Waals surface area contributed by atoms with Crippen LogP contribution < -0.4 is 14.8 Å². The van der Waals surface area contributed by atoms with Crippen molar-refractivity contribution in [3.05, 3.63) is 94.2 Å². The van der Waals surface area contributed by atoms with Crippen LogP contribution in [0.15, 0.2) is 66.4 Å². The Hall–Kier alpha value is -4.06. The molecule has 4 rings (SSSR count). The molecule has 1 aliphatic heterocycles. The average molecular weight is 457 g/mol. The number of hydrogen-bond acceptors (Lipinski definition) is 5. The summed E-state index contributed by atoms with van der Waals surface area (Å²) in [5, 5.41) is 3.22. The fraction of sp³-hybridized carbons (Fsp3) is 0.214. The molecule has 174 valence electrons. The van der Waals surface area contributed by atoms with E-state index >= 15 is 0 Å². The molecular formula is C28H28N2O4. The molecule has 0 saturated carbocycles. The van der Waals surface area contributed by atoms with E-state index in [1.807, 2.05) is 81.4 Å². The molecule has 1 N–H and O–H groups in total. The van der Waals surface area contributed by atoms with E-state index < -0.39 is 0 Å². The average Bonchev–Trinajstić information content (AvgIpc) is 3.06. The summed E-state index contributed by atoms with van der Waals surface area (Å²) in [5.41, 5.74) is 5.92. The standard InChI is InChI=1S/C28H28N2O4/c1-17-6-13-24(34-5)23(14-17)29-26-25(21-10-7-18(2)19(3)15-21)27(31)30(28(26)32)16-20-8-11-22(33-4)12-9-20/h6-15,29H,16H2,1-5H3. The van der Waals surface area contributed by atoms with Gasteiger partial charge in [0.1, 0.15) is 17.2 Å². The molecular weight excluding hydrogens is 428 g/mol. The van der Waals surface area contributed by atoms with Crippen LogP contribution in [0.25, 0.3) is 5.57 Å².